The first-order valence-corrected chi connectivity index (χ1v) is 14.7. The predicted molar refractivity (Wildman–Crippen MR) is 161 cm³/mol. The number of fused-ring (bicyclic) bond motifs is 3. The Labute approximate surface area is 247 Å². The molecule has 0 heterocycles. The normalized spacial score (nSPS) is 16.2. The molecule has 0 aliphatic heterocycles. The highest BCUT2D eigenvalue weighted by Gasteiger charge is 2.40. The number of amides is 2. The van der Waals surface area contributed by atoms with Crippen LogP contribution in [0.5, 0.6) is 0 Å². The molecule has 2 amide bonds. The second-order valence-electron chi connectivity index (χ2n) is 11.6. The fraction of sp³-hybridized carbons (Fsp3) is 0.382. The van der Waals surface area contributed by atoms with Crippen LogP contribution < -0.4 is 10.6 Å². The van der Waals surface area contributed by atoms with Gasteiger partial charge in [-0.2, -0.15) is 0 Å². The molecule has 3 aromatic carbocycles. The first-order chi connectivity index (χ1) is 20.4. The molecule has 2 aliphatic carbocycles. The summed E-state index contributed by atoms with van der Waals surface area (Å²) in [5.74, 6) is -1.41. The Kier molecular flexibility index (Phi) is 9.22. The van der Waals surface area contributed by atoms with E-state index in [4.69, 9.17) is 4.74 Å². The van der Waals surface area contributed by atoms with Crippen molar-refractivity contribution >= 4 is 18.0 Å². The minimum absolute atomic E-state index is 0.0342. The fourth-order valence-electron chi connectivity index (χ4n) is 6.32. The van der Waals surface area contributed by atoms with Gasteiger partial charge in [-0.1, -0.05) is 98.1 Å². The van der Waals surface area contributed by atoms with Crippen LogP contribution in [0.2, 0.25) is 0 Å². The molecule has 2 aliphatic rings. The van der Waals surface area contributed by atoms with Crippen LogP contribution in [0.25, 0.3) is 11.1 Å². The molecule has 1 fully saturated rings. The van der Waals surface area contributed by atoms with E-state index in [0.717, 1.165) is 47.1 Å². The largest absolute Gasteiger partial charge is 0.481 e. The molecule has 0 radical (unpaired) electrons. The Balaban J connectivity index is 1.26. The zero-order valence-corrected chi connectivity index (χ0v) is 24.1. The van der Waals surface area contributed by atoms with Gasteiger partial charge in [0.15, 0.2) is 0 Å². The molecule has 1 saturated carbocycles. The molecule has 0 bridgehead atoms. The zero-order valence-electron chi connectivity index (χ0n) is 24.1. The lowest BCUT2D eigenvalue weighted by atomic mass is 9.74. The maximum Gasteiger partial charge on any atom is 0.407 e. The summed E-state index contributed by atoms with van der Waals surface area (Å²) in [4.78, 5) is 40.7. The number of alkyl carbamates (subject to hydrolysis) is 1. The topological polar surface area (TPSA) is 108 Å². The number of hydrogen-bond acceptors (Lipinski definition) is 5. The number of nitrogens with zero attached hydrogens (tertiary/aromatic N) is 1. The van der Waals surface area contributed by atoms with Crippen molar-refractivity contribution in [3.63, 3.8) is 0 Å². The van der Waals surface area contributed by atoms with Crippen molar-refractivity contribution in [3.05, 3.63) is 95.6 Å². The van der Waals surface area contributed by atoms with Gasteiger partial charge in [-0.15, -0.1) is 0 Å². The van der Waals surface area contributed by atoms with Gasteiger partial charge in [0.1, 0.15) is 12.6 Å². The van der Waals surface area contributed by atoms with E-state index in [0.29, 0.717) is 19.4 Å². The summed E-state index contributed by atoms with van der Waals surface area (Å²) < 4.78 is 5.73. The second-order valence-corrected chi connectivity index (χ2v) is 11.6. The van der Waals surface area contributed by atoms with Gasteiger partial charge < -0.3 is 20.5 Å². The third-order valence-corrected chi connectivity index (χ3v) is 8.61. The first kappa shape index (κ1) is 29.3. The van der Waals surface area contributed by atoms with Crippen LogP contribution in [0.3, 0.4) is 0 Å². The number of aliphatic carboxylic acids is 1. The molecule has 42 heavy (non-hydrogen) atoms. The highest BCUT2D eigenvalue weighted by atomic mass is 16.5. The highest BCUT2D eigenvalue weighted by molar-refractivity contribution is 5.87. The lowest BCUT2D eigenvalue weighted by Crippen LogP contribution is -2.54. The van der Waals surface area contributed by atoms with Gasteiger partial charge in [-0.3, -0.25) is 14.5 Å². The van der Waals surface area contributed by atoms with E-state index in [1.807, 2.05) is 66.5 Å². The van der Waals surface area contributed by atoms with Crippen LogP contribution in [0, 0.1) is 5.41 Å². The number of ether oxygens (including phenoxy) is 1. The molecule has 220 valence electrons. The summed E-state index contributed by atoms with van der Waals surface area (Å²) in [6.07, 6.45) is 3.02. The number of rotatable bonds is 11. The van der Waals surface area contributed by atoms with E-state index in [1.165, 1.54) is 0 Å². The van der Waals surface area contributed by atoms with E-state index in [9.17, 15) is 19.5 Å². The van der Waals surface area contributed by atoms with Crippen LogP contribution in [0.1, 0.15) is 54.7 Å². The summed E-state index contributed by atoms with van der Waals surface area (Å²) in [5.41, 5.74) is 4.59. The average molecular weight is 570 g/mol. The monoisotopic (exact) mass is 569 g/mol. The van der Waals surface area contributed by atoms with Gasteiger partial charge in [0.05, 0.1) is 5.41 Å². The fourth-order valence-corrected chi connectivity index (χ4v) is 6.32. The van der Waals surface area contributed by atoms with Crippen molar-refractivity contribution in [2.24, 2.45) is 5.41 Å². The van der Waals surface area contributed by atoms with E-state index in [1.54, 1.807) is 0 Å². The molecule has 3 N–H and O–H groups in total. The number of nitrogens with one attached hydrogen (secondary N) is 2. The van der Waals surface area contributed by atoms with Crippen molar-refractivity contribution in [2.75, 3.05) is 26.7 Å². The van der Waals surface area contributed by atoms with Crippen LogP contribution >= 0.6 is 0 Å². The summed E-state index contributed by atoms with van der Waals surface area (Å²) in [7, 11) is 1.88. The van der Waals surface area contributed by atoms with E-state index >= 15 is 0 Å². The van der Waals surface area contributed by atoms with Gasteiger partial charge in [0.2, 0.25) is 5.91 Å². The Morgan fingerprint density at radius 3 is 2.12 bits per heavy atom. The van der Waals surface area contributed by atoms with Crippen LogP contribution in [-0.4, -0.2) is 60.8 Å². The Morgan fingerprint density at radius 2 is 1.50 bits per heavy atom. The van der Waals surface area contributed by atoms with Gasteiger partial charge >= 0.3 is 12.1 Å². The van der Waals surface area contributed by atoms with E-state index in [-0.39, 0.29) is 25.6 Å². The highest BCUT2D eigenvalue weighted by Crippen LogP contribution is 2.44. The maximum atomic E-state index is 13.5. The molecule has 1 unspecified atom stereocenters. The Morgan fingerprint density at radius 1 is 0.905 bits per heavy atom. The maximum absolute atomic E-state index is 13.5. The van der Waals surface area contributed by atoms with Gasteiger partial charge in [-0.25, -0.2) is 4.79 Å². The summed E-state index contributed by atoms with van der Waals surface area (Å²) in [6.45, 7) is 0.976. The minimum atomic E-state index is -0.974. The van der Waals surface area contributed by atoms with Crippen LogP contribution in [0.15, 0.2) is 78.9 Å². The van der Waals surface area contributed by atoms with Gasteiger partial charge in [0, 0.05) is 25.6 Å². The number of carbonyl (C=O) groups is 3. The SMILES string of the molecule is CN(Cc1ccccc1)CC(NC(=O)OCC1c2ccccc2-c2ccccc21)C(=O)NCC1(C(=O)O)CCCCC1. The van der Waals surface area contributed by atoms with Gasteiger partial charge in [-0.05, 0) is 47.7 Å². The van der Waals surface area contributed by atoms with E-state index in [2.05, 4.69) is 34.9 Å². The summed E-state index contributed by atoms with van der Waals surface area (Å²) >= 11 is 0. The predicted octanol–water partition coefficient (Wildman–Crippen LogP) is 5.18. The first-order valence-electron chi connectivity index (χ1n) is 14.7. The molecule has 1 atom stereocenters. The van der Waals surface area contributed by atoms with Crippen molar-refractivity contribution in [2.45, 2.75) is 50.6 Å². The van der Waals surface area contributed by atoms with Crippen molar-refractivity contribution in [1.29, 1.82) is 0 Å². The lowest BCUT2D eigenvalue weighted by Gasteiger charge is -2.34. The molecule has 8 heteroatoms. The summed E-state index contributed by atoms with van der Waals surface area (Å²) in [5, 5.41) is 15.6. The average Bonchev–Trinajstić information content (AvgIpc) is 3.33. The standard InChI is InChI=1S/C34H39N3O5/c1-37(20-24-12-4-2-5-13-24)21-30(31(38)35-23-34(32(39)40)18-10-3-11-19-34)36-33(41)42-22-29-27-16-8-6-14-25(27)26-15-7-9-17-28(26)29/h2,4-9,12-17,29-30H,3,10-11,18-23H2,1H3,(H,35,38)(H,36,41)(H,39,40). The van der Waals surface area contributed by atoms with Gasteiger partial charge in [0.25, 0.3) is 0 Å². The van der Waals surface area contributed by atoms with E-state index < -0.39 is 29.4 Å². The third kappa shape index (κ3) is 6.65. The minimum Gasteiger partial charge on any atom is -0.481 e. The second kappa shape index (κ2) is 13.2. The lowest BCUT2D eigenvalue weighted by molar-refractivity contribution is -0.151. The zero-order chi connectivity index (χ0) is 29.5. The number of carboxylic acid groups (broad SMARTS) is 1. The molecular weight excluding hydrogens is 530 g/mol. The number of benzene rings is 3. The smallest absolute Gasteiger partial charge is 0.407 e. The Bertz CT molecular complexity index is 1360. The molecule has 8 nitrogen and oxygen atoms in total. The Hall–Kier alpha value is -4.17. The third-order valence-electron chi connectivity index (χ3n) is 8.61. The number of likely N-dealkylation sites (N-methyl/N-ethyl adjacent to an activating group) is 1. The van der Waals surface area contributed by atoms with Crippen molar-refractivity contribution < 1.29 is 24.2 Å². The molecule has 3 aromatic rings. The molecular formula is C34H39N3O5. The molecule has 5 rings (SSSR count). The van der Waals surface area contributed by atoms with Crippen molar-refractivity contribution in [1.82, 2.24) is 15.5 Å². The van der Waals surface area contributed by atoms with Crippen LogP contribution in [-0.2, 0) is 20.9 Å². The van der Waals surface area contributed by atoms with Crippen LogP contribution in [0.4, 0.5) is 4.79 Å². The number of carbonyl (C=O) groups excluding carboxylic acids is 2. The summed E-state index contributed by atoms with van der Waals surface area (Å²) in [6, 6.07) is 25.2. The van der Waals surface area contributed by atoms with Crippen molar-refractivity contribution in [3.8, 4) is 11.1 Å². The molecule has 0 spiro atoms. The quantitative estimate of drug-likeness (QED) is 0.294. The number of hydrogen-bond donors (Lipinski definition) is 3. The molecule has 0 aromatic heterocycles. The molecule has 0 saturated heterocycles. The number of carboxylic acids is 1.